The number of amides is 1. The minimum atomic E-state index is -0.00870. The number of nitrogens with one attached hydrogen (secondary N) is 2. The Morgan fingerprint density at radius 3 is 2.62 bits per heavy atom. The number of rotatable bonds is 5. The van der Waals surface area contributed by atoms with Crippen LogP contribution >= 0.6 is 0 Å². The highest BCUT2D eigenvalue weighted by Crippen LogP contribution is 2.15. The van der Waals surface area contributed by atoms with Crippen molar-refractivity contribution in [3.8, 4) is 0 Å². The van der Waals surface area contributed by atoms with Crippen molar-refractivity contribution in [2.75, 3.05) is 11.9 Å². The Kier molecular flexibility index (Phi) is 4.83. The van der Waals surface area contributed by atoms with E-state index >= 15 is 0 Å². The van der Waals surface area contributed by atoms with Crippen molar-refractivity contribution < 1.29 is 4.79 Å². The Balaban J connectivity index is 2.81. The Hall–Kier alpha value is -1.51. The van der Waals surface area contributed by atoms with Crippen LogP contribution < -0.4 is 10.6 Å². The number of carbonyl (C=O) groups is 1. The fourth-order valence-electron chi connectivity index (χ4n) is 1.45. The van der Waals surface area contributed by atoms with Gasteiger partial charge in [-0.3, -0.25) is 4.79 Å². The van der Waals surface area contributed by atoms with Crippen LogP contribution in [0.1, 0.15) is 37.6 Å². The highest BCUT2D eigenvalue weighted by molar-refractivity contribution is 5.99. The Morgan fingerprint density at radius 2 is 2.00 bits per heavy atom. The second kappa shape index (κ2) is 6.16. The lowest BCUT2D eigenvalue weighted by Crippen LogP contribution is -2.25. The second-order valence-corrected chi connectivity index (χ2v) is 4.10. The van der Waals surface area contributed by atoms with Crippen molar-refractivity contribution in [2.45, 2.75) is 33.2 Å². The van der Waals surface area contributed by atoms with E-state index in [-0.39, 0.29) is 5.91 Å². The molecule has 0 aliphatic heterocycles. The number of hydrogen-bond acceptors (Lipinski definition) is 2. The molecular weight excluding hydrogens is 200 g/mol. The van der Waals surface area contributed by atoms with E-state index in [4.69, 9.17) is 0 Å². The predicted molar refractivity (Wildman–Crippen MR) is 67.8 cm³/mol. The van der Waals surface area contributed by atoms with E-state index in [1.54, 1.807) is 0 Å². The molecule has 0 saturated heterocycles. The molecule has 3 nitrogen and oxygen atoms in total. The molecule has 0 saturated carbocycles. The standard InChI is InChI=1S/C13H20N2O/c1-4-9-14-13(16)11-7-5-6-8-12(11)15-10(2)3/h5-8,10,15H,4,9H2,1-3H3,(H,14,16). The average Bonchev–Trinajstić information content (AvgIpc) is 2.26. The molecule has 0 heterocycles. The molecule has 0 aliphatic carbocycles. The smallest absolute Gasteiger partial charge is 0.253 e. The van der Waals surface area contributed by atoms with Crippen molar-refractivity contribution in [3.63, 3.8) is 0 Å². The zero-order valence-electron chi connectivity index (χ0n) is 10.2. The number of hydrogen-bond donors (Lipinski definition) is 2. The van der Waals surface area contributed by atoms with Gasteiger partial charge in [0, 0.05) is 18.3 Å². The topological polar surface area (TPSA) is 41.1 Å². The summed E-state index contributed by atoms with van der Waals surface area (Å²) in [5.41, 5.74) is 1.61. The molecule has 88 valence electrons. The fraction of sp³-hybridized carbons (Fsp3) is 0.462. The summed E-state index contributed by atoms with van der Waals surface area (Å²) in [6.07, 6.45) is 0.950. The van der Waals surface area contributed by atoms with Gasteiger partial charge < -0.3 is 10.6 Å². The van der Waals surface area contributed by atoms with E-state index in [1.807, 2.05) is 31.2 Å². The monoisotopic (exact) mass is 220 g/mol. The summed E-state index contributed by atoms with van der Waals surface area (Å²) in [6.45, 7) is 6.87. The van der Waals surface area contributed by atoms with Crippen LogP contribution in [0.3, 0.4) is 0 Å². The van der Waals surface area contributed by atoms with E-state index in [1.165, 1.54) is 0 Å². The molecule has 0 bridgehead atoms. The molecule has 0 atom stereocenters. The minimum absolute atomic E-state index is 0.00870. The van der Waals surface area contributed by atoms with Crippen LogP contribution in [0.5, 0.6) is 0 Å². The molecule has 1 amide bonds. The Labute approximate surface area is 97.2 Å². The van der Waals surface area contributed by atoms with Gasteiger partial charge in [0.15, 0.2) is 0 Å². The molecule has 0 radical (unpaired) electrons. The summed E-state index contributed by atoms with van der Waals surface area (Å²) in [4.78, 5) is 11.9. The lowest BCUT2D eigenvalue weighted by atomic mass is 10.1. The van der Waals surface area contributed by atoms with E-state index in [2.05, 4.69) is 24.5 Å². The number of para-hydroxylation sites is 1. The molecule has 0 spiro atoms. The summed E-state index contributed by atoms with van der Waals surface area (Å²) < 4.78 is 0. The maximum Gasteiger partial charge on any atom is 0.253 e. The first-order chi connectivity index (χ1) is 7.65. The Bertz CT molecular complexity index is 348. The van der Waals surface area contributed by atoms with E-state index in [0.29, 0.717) is 11.6 Å². The number of carbonyl (C=O) groups excluding carboxylic acids is 1. The van der Waals surface area contributed by atoms with Gasteiger partial charge in [-0.25, -0.2) is 0 Å². The van der Waals surface area contributed by atoms with Crippen LogP contribution in [0, 0.1) is 0 Å². The quantitative estimate of drug-likeness (QED) is 0.801. The SMILES string of the molecule is CCCNC(=O)c1ccccc1NC(C)C. The van der Waals surface area contributed by atoms with Crippen molar-refractivity contribution in [2.24, 2.45) is 0 Å². The maximum absolute atomic E-state index is 11.9. The van der Waals surface area contributed by atoms with Crippen LogP contribution in [-0.2, 0) is 0 Å². The summed E-state index contributed by atoms with van der Waals surface area (Å²) in [7, 11) is 0. The van der Waals surface area contributed by atoms with Crippen LogP contribution in [0.15, 0.2) is 24.3 Å². The largest absolute Gasteiger partial charge is 0.382 e. The normalized spacial score (nSPS) is 10.2. The third-order valence-corrected chi connectivity index (χ3v) is 2.15. The van der Waals surface area contributed by atoms with Gasteiger partial charge in [0.25, 0.3) is 5.91 Å². The van der Waals surface area contributed by atoms with Gasteiger partial charge in [-0.1, -0.05) is 19.1 Å². The zero-order valence-corrected chi connectivity index (χ0v) is 10.2. The summed E-state index contributed by atoms with van der Waals surface area (Å²) in [5, 5.41) is 6.15. The van der Waals surface area contributed by atoms with Crippen LogP contribution in [0.25, 0.3) is 0 Å². The first-order valence-electron chi connectivity index (χ1n) is 5.79. The van der Waals surface area contributed by atoms with Crippen molar-refractivity contribution in [1.29, 1.82) is 0 Å². The molecule has 16 heavy (non-hydrogen) atoms. The molecule has 3 heteroatoms. The van der Waals surface area contributed by atoms with Gasteiger partial charge in [0.05, 0.1) is 5.56 Å². The molecule has 1 aromatic carbocycles. The highest BCUT2D eigenvalue weighted by atomic mass is 16.1. The van der Waals surface area contributed by atoms with E-state index < -0.39 is 0 Å². The predicted octanol–water partition coefficient (Wildman–Crippen LogP) is 2.65. The molecule has 0 unspecified atom stereocenters. The first kappa shape index (κ1) is 12.6. The maximum atomic E-state index is 11.9. The average molecular weight is 220 g/mol. The van der Waals surface area contributed by atoms with Crippen molar-refractivity contribution >= 4 is 11.6 Å². The molecule has 0 fully saturated rings. The van der Waals surface area contributed by atoms with Crippen LogP contribution in [-0.4, -0.2) is 18.5 Å². The summed E-state index contributed by atoms with van der Waals surface area (Å²) >= 11 is 0. The van der Waals surface area contributed by atoms with Gasteiger partial charge in [-0.05, 0) is 32.4 Å². The number of benzene rings is 1. The van der Waals surface area contributed by atoms with Gasteiger partial charge in [0.1, 0.15) is 0 Å². The fourth-order valence-corrected chi connectivity index (χ4v) is 1.45. The molecular formula is C13H20N2O. The molecule has 0 aromatic heterocycles. The van der Waals surface area contributed by atoms with Crippen LogP contribution in [0.4, 0.5) is 5.69 Å². The second-order valence-electron chi connectivity index (χ2n) is 4.10. The minimum Gasteiger partial charge on any atom is -0.382 e. The highest BCUT2D eigenvalue weighted by Gasteiger charge is 2.10. The van der Waals surface area contributed by atoms with Gasteiger partial charge in [-0.15, -0.1) is 0 Å². The van der Waals surface area contributed by atoms with Gasteiger partial charge in [0.2, 0.25) is 0 Å². The van der Waals surface area contributed by atoms with Crippen LogP contribution in [0.2, 0.25) is 0 Å². The molecule has 0 aliphatic rings. The third kappa shape index (κ3) is 3.57. The Morgan fingerprint density at radius 1 is 1.31 bits per heavy atom. The lowest BCUT2D eigenvalue weighted by Gasteiger charge is -2.14. The van der Waals surface area contributed by atoms with Crippen molar-refractivity contribution in [1.82, 2.24) is 5.32 Å². The van der Waals surface area contributed by atoms with E-state index in [9.17, 15) is 4.79 Å². The lowest BCUT2D eigenvalue weighted by molar-refractivity contribution is 0.0954. The molecule has 2 N–H and O–H groups in total. The molecule has 1 rings (SSSR count). The number of anilines is 1. The third-order valence-electron chi connectivity index (χ3n) is 2.15. The zero-order chi connectivity index (χ0) is 12.0. The summed E-state index contributed by atoms with van der Waals surface area (Å²) in [5.74, 6) is -0.00870. The summed E-state index contributed by atoms with van der Waals surface area (Å²) in [6, 6.07) is 7.91. The van der Waals surface area contributed by atoms with Crippen molar-refractivity contribution in [3.05, 3.63) is 29.8 Å². The molecule has 1 aromatic rings. The first-order valence-corrected chi connectivity index (χ1v) is 5.79. The van der Waals surface area contributed by atoms with Gasteiger partial charge >= 0.3 is 0 Å². The van der Waals surface area contributed by atoms with E-state index in [0.717, 1.165) is 18.7 Å². The van der Waals surface area contributed by atoms with Gasteiger partial charge in [-0.2, -0.15) is 0 Å².